The van der Waals surface area contributed by atoms with Gasteiger partial charge in [-0.1, -0.05) is 0 Å². The Labute approximate surface area is 167 Å². The number of sulfonamides is 1. The van der Waals surface area contributed by atoms with Crippen molar-refractivity contribution in [1.82, 2.24) is 14.1 Å². The van der Waals surface area contributed by atoms with E-state index in [1.165, 1.54) is 24.6 Å². The number of likely N-dealkylation sites (N-methyl/N-ethyl adjacent to an activating group) is 1. The lowest BCUT2D eigenvalue weighted by atomic mass is 9.96. The maximum atomic E-state index is 13.1. The van der Waals surface area contributed by atoms with Crippen LogP contribution in [0.1, 0.15) is 12.8 Å². The zero-order valence-corrected chi connectivity index (χ0v) is 17.6. The number of rotatable bonds is 5. The molecule has 156 valence electrons. The van der Waals surface area contributed by atoms with Gasteiger partial charge in [-0.05, 0) is 32.0 Å². The van der Waals surface area contributed by atoms with Crippen molar-refractivity contribution < 1.29 is 22.7 Å². The van der Waals surface area contributed by atoms with Crippen LogP contribution >= 0.6 is 0 Å². The maximum Gasteiger partial charge on any atom is 0.246 e. The molecule has 0 N–H and O–H groups in total. The number of ether oxygens (including phenoxy) is 2. The van der Waals surface area contributed by atoms with Crippen LogP contribution in [0.15, 0.2) is 23.1 Å². The van der Waals surface area contributed by atoms with Gasteiger partial charge in [-0.25, -0.2) is 8.42 Å². The third-order valence-corrected chi connectivity index (χ3v) is 7.53. The number of piperazine rings is 1. The van der Waals surface area contributed by atoms with Gasteiger partial charge in [0.25, 0.3) is 0 Å². The average molecular weight is 412 g/mol. The van der Waals surface area contributed by atoms with Gasteiger partial charge in [0.1, 0.15) is 16.4 Å². The van der Waals surface area contributed by atoms with E-state index in [4.69, 9.17) is 9.47 Å². The summed E-state index contributed by atoms with van der Waals surface area (Å²) in [6.45, 7) is 3.91. The van der Waals surface area contributed by atoms with Crippen molar-refractivity contribution in [1.29, 1.82) is 0 Å². The number of carbonyl (C=O) groups excluding carboxylic acids is 1. The Bertz CT molecular complexity index is 798. The van der Waals surface area contributed by atoms with E-state index in [2.05, 4.69) is 11.9 Å². The fourth-order valence-electron chi connectivity index (χ4n) is 3.75. The Hall–Kier alpha value is -1.84. The second-order valence-electron chi connectivity index (χ2n) is 7.32. The lowest BCUT2D eigenvalue weighted by molar-refractivity contribution is -0.138. The molecule has 1 amide bonds. The topological polar surface area (TPSA) is 79.4 Å². The number of hydrogen-bond acceptors (Lipinski definition) is 6. The van der Waals surface area contributed by atoms with Crippen LogP contribution in [0.2, 0.25) is 0 Å². The van der Waals surface area contributed by atoms with Crippen molar-refractivity contribution in [2.45, 2.75) is 17.7 Å². The molecule has 1 aromatic rings. The Kier molecular flexibility index (Phi) is 6.47. The average Bonchev–Trinajstić information content (AvgIpc) is 2.73. The summed E-state index contributed by atoms with van der Waals surface area (Å²) in [5.41, 5.74) is 0. The fraction of sp³-hybridized carbons (Fsp3) is 0.632. The highest BCUT2D eigenvalue weighted by Crippen LogP contribution is 2.33. The summed E-state index contributed by atoms with van der Waals surface area (Å²) >= 11 is 0. The Morgan fingerprint density at radius 3 is 2.21 bits per heavy atom. The van der Waals surface area contributed by atoms with E-state index in [1.807, 2.05) is 4.90 Å². The molecular weight excluding hydrogens is 382 g/mol. The van der Waals surface area contributed by atoms with Crippen molar-refractivity contribution >= 4 is 15.9 Å². The van der Waals surface area contributed by atoms with E-state index in [1.54, 1.807) is 12.1 Å². The molecule has 0 aromatic heterocycles. The quantitative estimate of drug-likeness (QED) is 0.716. The normalized spacial score (nSPS) is 20.2. The fourth-order valence-corrected chi connectivity index (χ4v) is 5.39. The summed E-state index contributed by atoms with van der Waals surface area (Å²) in [5.74, 6) is 0.794. The monoisotopic (exact) mass is 411 g/mol. The summed E-state index contributed by atoms with van der Waals surface area (Å²) in [5, 5.41) is 0. The van der Waals surface area contributed by atoms with E-state index >= 15 is 0 Å². The second kappa shape index (κ2) is 8.67. The summed E-state index contributed by atoms with van der Waals surface area (Å²) in [4.78, 5) is 17.0. The van der Waals surface area contributed by atoms with Gasteiger partial charge >= 0.3 is 0 Å². The lowest BCUT2D eigenvalue weighted by Crippen LogP contribution is -2.51. The first kappa shape index (κ1) is 20.9. The van der Waals surface area contributed by atoms with Crippen LogP contribution in [-0.2, 0) is 14.8 Å². The van der Waals surface area contributed by atoms with Gasteiger partial charge in [-0.3, -0.25) is 4.79 Å². The second-order valence-corrected chi connectivity index (χ2v) is 9.23. The Morgan fingerprint density at radius 1 is 1.00 bits per heavy atom. The first-order chi connectivity index (χ1) is 13.4. The minimum Gasteiger partial charge on any atom is -0.497 e. The highest BCUT2D eigenvalue weighted by atomic mass is 32.2. The first-order valence-corrected chi connectivity index (χ1v) is 11.0. The smallest absolute Gasteiger partial charge is 0.246 e. The molecule has 1 aromatic carbocycles. The molecule has 0 unspecified atom stereocenters. The molecule has 3 rings (SSSR count). The van der Waals surface area contributed by atoms with Crippen LogP contribution in [-0.4, -0.2) is 89.0 Å². The van der Waals surface area contributed by atoms with Gasteiger partial charge in [0, 0.05) is 51.3 Å². The van der Waals surface area contributed by atoms with Gasteiger partial charge in [0.2, 0.25) is 15.9 Å². The van der Waals surface area contributed by atoms with E-state index in [0.29, 0.717) is 31.7 Å². The van der Waals surface area contributed by atoms with Crippen LogP contribution in [0.3, 0.4) is 0 Å². The van der Waals surface area contributed by atoms with Crippen molar-refractivity contribution in [3.8, 4) is 11.5 Å². The molecule has 2 aliphatic rings. The predicted octanol–water partition coefficient (Wildman–Crippen LogP) is 0.879. The lowest BCUT2D eigenvalue weighted by Gasteiger charge is -2.37. The molecule has 28 heavy (non-hydrogen) atoms. The molecule has 0 saturated carbocycles. The summed E-state index contributed by atoms with van der Waals surface area (Å²) in [6, 6.07) is 4.74. The summed E-state index contributed by atoms with van der Waals surface area (Å²) in [6.07, 6.45) is 1.08. The number of benzene rings is 1. The summed E-state index contributed by atoms with van der Waals surface area (Å²) < 4.78 is 38.1. The molecule has 2 saturated heterocycles. The van der Waals surface area contributed by atoms with Crippen molar-refractivity contribution in [2.75, 3.05) is 60.5 Å². The number of nitrogens with zero attached hydrogens (tertiary/aromatic N) is 3. The van der Waals surface area contributed by atoms with E-state index in [0.717, 1.165) is 26.2 Å². The molecule has 2 fully saturated rings. The number of carbonyl (C=O) groups is 1. The van der Waals surface area contributed by atoms with Crippen LogP contribution in [0.25, 0.3) is 0 Å². The molecule has 0 spiro atoms. The molecule has 9 heteroatoms. The number of amides is 1. The standard InChI is InChI=1S/C19H29N3O5S/c1-20-10-12-21(13-11-20)19(23)15-6-8-22(9-7-15)28(24,25)18-14-16(26-2)4-5-17(18)27-3/h4-5,14-15H,6-13H2,1-3H3. The zero-order chi connectivity index (χ0) is 20.3. The molecule has 0 radical (unpaired) electrons. The van der Waals surface area contributed by atoms with Gasteiger partial charge in [-0.15, -0.1) is 0 Å². The largest absolute Gasteiger partial charge is 0.497 e. The van der Waals surface area contributed by atoms with Gasteiger partial charge < -0.3 is 19.3 Å². The highest BCUT2D eigenvalue weighted by Gasteiger charge is 2.35. The van der Waals surface area contributed by atoms with E-state index < -0.39 is 10.0 Å². The molecule has 2 heterocycles. The van der Waals surface area contributed by atoms with Crippen LogP contribution < -0.4 is 9.47 Å². The van der Waals surface area contributed by atoms with Crippen LogP contribution in [0.4, 0.5) is 0 Å². The minimum atomic E-state index is -3.72. The van der Waals surface area contributed by atoms with E-state index in [9.17, 15) is 13.2 Å². The van der Waals surface area contributed by atoms with Crippen molar-refractivity contribution in [3.63, 3.8) is 0 Å². The maximum absolute atomic E-state index is 13.1. The SMILES string of the molecule is COc1ccc(OC)c(S(=O)(=O)N2CCC(C(=O)N3CCN(C)CC3)CC2)c1. The molecule has 8 nitrogen and oxygen atoms in total. The zero-order valence-electron chi connectivity index (χ0n) is 16.8. The third kappa shape index (κ3) is 4.26. The van der Waals surface area contributed by atoms with E-state index in [-0.39, 0.29) is 22.5 Å². The van der Waals surface area contributed by atoms with Gasteiger partial charge in [-0.2, -0.15) is 4.31 Å². The van der Waals surface area contributed by atoms with Crippen molar-refractivity contribution in [2.24, 2.45) is 5.92 Å². The van der Waals surface area contributed by atoms with Crippen LogP contribution in [0.5, 0.6) is 11.5 Å². The Balaban J connectivity index is 1.68. The minimum absolute atomic E-state index is 0.0956. The number of hydrogen-bond donors (Lipinski definition) is 0. The van der Waals surface area contributed by atoms with Crippen molar-refractivity contribution in [3.05, 3.63) is 18.2 Å². The molecular formula is C19H29N3O5S. The van der Waals surface area contributed by atoms with Crippen LogP contribution in [0, 0.1) is 5.92 Å². The molecule has 0 bridgehead atoms. The van der Waals surface area contributed by atoms with Gasteiger partial charge in [0.05, 0.1) is 14.2 Å². The van der Waals surface area contributed by atoms with Gasteiger partial charge in [0.15, 0.2) is 0 Å². The Morgan fingerprint density at radius 2 is 1.64 bits per heavy atom. The summed E-state index contributed by atoms with van der Waals surface area (Å²) in [7, 11) is 1.27. The molecule has 0 aliphatic carbocycles. The molecule has 2 aliphatic heterocycles. The number of piperidine rings is 1. The third-order valence-electron chi connectivity index (χ3n) is 5.61. The number of methoxy groups -OCH3 is 2. The molecule has 0 atom stereocenters. The predicted molar refractivity (Wildman–Crippen MR) is 105 cm³/mol. The first-order valence-electron chi connectivity index (χ1n) is 9.56. The highest BCUT2D eigenvalue weighted by molar-refractivity contribution is 7.89.